The average molecular weight is 294 g/mol. The minimum Gasteiger partial charge on any atom is -0.342 e. The molecule has 0 radical (unpaired) electrons. The van der Waals surface area contributed by atoms with Gasteiger partial charge in [0, 0.05) is 6.54 Å². The van der Waals surface area contributed by atoms with E-state index >= 15 is 0 Å². The number of amides is 2. The van der Waals surface area contributed by atoms with Crippen molar-refractivity contribution in [3.8, 4) is 0 Å². The molecule has 2 fully saturated rings. The van der Waals surface area contributed by atoms with Crippen molar-refractivity contribution in [1.82, 2.24) is 10.2 Å². The van der Waals surface area contributed by atoms with E-state index in [-0.39, 0.29) is 23.8 Å². The van der Waals surface area contributed by atoms with Gasteiger partial charge in [0.25, 0.3) is 0 Å². The van der Waals surface area contributed by atoms with Gasteiger partial charge in [0.15, 0.2) is 0 Å². The Kier molecular flexibility index (Phi) is 4.95. The average Bonchev–Trinajstić information content (AvgIpc) is 2.96. The van der Waals surface area contributed by atoms with E-state index in [1.54, 1.807) is 0 Å². The van der Waals surface area contributed by atoms with Gasteiger partial charge in [-0.25, -0.2) is 0 Å². The van der Waals surface area contributed by atoms with E-state index in [9.17, 15) is 9.59 Å². The van der Waals surface area contributed by atoms with Gasteiger partial charge >= 0.3 is 0 Å². The van der Waals surface area contributed by atoms with Gasteiger partial charge in [-0.2, -0.15) is 0 Å². The van der Waals surface area contributed by atoms with E-state index in [1.165, 1.54) is 25.7 Å². The molecule has 1 unspecified atom stereocenters. The Hall–Kier alpha value is -1.06. The van der Waals surface area contributed by atoms with Crippen molar-refractivity contribution in [1.29, 1.82) is 0 Å². The molecule has 4 nitrogen and oxygen atoms in total. The summed E-state index contributed by atoms with van der Waals surface area (Å²) in [5.74, 6) is 0.883. The standard InChI is InChI=1S/C17H30N2O2/c1-5-17(6-2)16(21)18-14(12(3)4)15(20)19(17)11-13-9-7-8-10-13/h12-14H,5-11H2,1-4H3,(H,18,21). The molecule has 0 aromatic carbocycles. The van der Waals surface area contributed by atoms with Crippen molar-refractivity contribution in [2.45, 2.75) is 77.8 Å². The minimum atomic E-state index is -0.634. The normalized spacial score (nSPS) is 26.5. The quantitative estimate of drug-likeness (QED) is 0.847. The van der Waals surface area contributed by atoms with E-state index in [1.807, 2.05) is 32.6 Å². The maximum Gasteiger partial charge on any atom is 0.246 e. The van der Waals surface area contributed by atoms with E-state index in [2.05, 4.69) is 5.32 Å². The minimum absolute atomic E-state index is 0.0452. The van der Waals surface area contributed by atoms with Crippen LogP contribution in [0.2, 0.25) is 0 Å². The summed E-state index contributed by atoms with van der Waals surface area (Å²) in [7, 11) is 0. The molecule has 0 aromatic heterocycles. The second kappa shape index (κ2) is 6.37. The fourth-order valence-electron chi connectivity index (χ4n) is 3.96. The van der Waals surface area contributed by atoms with Crippen LogP contribution in [0.1, 0.15) is 66.2 Å². The lowest BCUT2D eigenvalue weighted by Gasteiger charge is -2.49. The summed E-state index contributed by atoms with van der Waals surface area (Å²) in [5, 5.41) is 2.98. The van der Waals surface area contributed by atoms with Crippen molar-refractivity contribution in [3.63, 3.8) is 0 Å². The van der Waals surface area contributed by atoms with Gasteiger partial charge in [0.2, 0.25) is 11.8 Å². The van der Waals surface area contributed by atoms with Crippen molar-refractivity contribution in [3.05, 3.63) is 0 Å². The molecule has 2 aliphatic rings. The summed E-state index contributed by atoms with van der Waals surface area (Å²) in [4.78, 5) is 27.6. The molecular formula is C17H30N2O2. The first-order valence-electron chi connectivity index (χ1n) is 8.58. The highest BCUT2D eigenvalue weighted by atomic mass is 16.2. The van der Waals surface area contributed by atoms with Crippen molar-refractivity contribution in [2.75, 3.05) is 6.54 Å². The Bertz CT molecular complexity index is 396. The van der Waals surface area contributed by atoms with Crippen LogP contribution in [0, 0.1) is 11.8 Å². The lowest BCUT2D eigenvalue weighted by Crippen LogP contribution is -2.71. The maximum atomic E-state index is 12.9. The zero-order valence-electron chi connectivity index (χ0n) is 13.9. The number of carbonyl (C=O) groups is 2. The van der Waals surface area contributed by atoms with Gasteiger partial charge in [-0.1, -0.05) is 40.5 Å². The summed E-state index contributed by atoms with van der Waals surface area (Å²) in [6, 6.07) is -0.356. The van der Waals surface area contributed by atoms with E-state index in [0.717, 1.165) is 6.54 Å². The Morgan fingerprint density at radius 3 is 2.24 bits per heavy atom. The predicted octanol–water partition coefficient (Wildman–Crippen LogP) is 2.72. The van der Waals surface area contributed by atoms with Crippen LogP contribution < -0.4 is 5.32 Å². The smallest absolute Gasteiger partial charge is 0.246 e. The number of nitrogens with one attached hydrogen (secondary N) is 1. The van der Waals surface area contributed by atoms with Crippen LogP contribution in [0.4, 0.5) is 0 Å². The number of rotatable bonds is 5. The molecule has 1 heterocycles. The van der Waals surface area contributed by atoms with Crippen molar-refractivity contribution >= 4 is 11.8 Å². The molecular weight excluding hydrogens is 264 g/mol. The third-order valence-electron chi connectivity index (χ3n) is 5.51. The SMILES string of the molecule is CCC1(CC)C(=O)NC(C(C)C)C(=O)N1CC1CCCC1. The fraction of sp³-hybridized carbons (Fsp3) is 0.882. The van der Waals surface area contributed by atoms with Gasteiger partial charge < -0.3 is 10.2 Å². The molecule has 1 aliphatic carbocycles. The monoisotopic (exact) mass is 294 g/mol. The van der Waals surface area contributed by atoms with E-state index in [4.69, 9.17) is 0 Å². The van der Waals surface area contributed by atoms with Crippen LogP contribution in [0.3, 0.4) is 0 Å². The van der Waals surface area contributed by atoms with Crippen LogP contribution in [0.25, 0.3) is 0 Å². The summed E-state index contributed by atoms with van der Waals surface area (Å²) >= 11 is 0. The predicted molar refractivity (Wildman–Crippen MR) is 83.8 cm³/mol. The van der Waals surface area contributed by atoms with E-state index < -0.39 is 5.54 Å². The van der Waals surface area contributed by atoms with Crippen LogP contribution in [-0.4, -0.2) is 34.8 Å². The highest BCUT2D eigenvalue weighted by Crippen LogP contribution is 2.34. The van der Waals surface area contributed by atoms with Gasteiger partial charge in [0.1, 0.15) is 11.6 Å². The topological polar surface area (TPSA) is 49.4 Å². The number of nitrogens with zero attached hydrogens (tertiary/aromatic N) is 1. The second-order valence-electron chi connectivity index (χ2n) is 7.03. The zero-order valence-corrected chi connectivity index (χ0v) is 13.9. The molecule has 1 saturated heterocycles. The molecule has 4 heteroatoms. The lowest BCUT2D eigenvalue weighted by atomic mass is 9.83. The van der Waals surface area contributed by atoms with Gasteiger partial charge in [-0.3, -0.25) is 9.59 Å². The molecule has 2 amide bonds. The first kappa shape index (κ1) is 16.3. The first-order chi connectivity index (χ1) is 9.96. The lowest BCUT2D eigenvalue weighted by molar-refractivity contribution is -0.160. The Morgan fingerprint density at radius 1 is 1.19 bits per heavy atom. The largest absolute Gasteiger partial charge is 0.342 e. The molecule has 120 valence electrons. The highest BCUT2D eigenvalue weighted by Gasteiger charge is 2.51. The second-order valence-corrected chi connectivity index (χ2v) is 7.03. The Labute approximate surface area is 128 Å². The van der Waals surface area contributed by atoms with Crippen LogP contribution in [-0.2, 0) is 9.59 Å². The van der Waals surface area contributed by atoms with Crippen LogP contribution in [0.5, 0.6) is 0 Å². The van der Waals surface area contributed by atoms with Crippen LogP contribution in [0.15, 0.2) is 0 Å². The van der Waals surface area contributed by atoms with Crippen LogP contribution >= 0.6 is 0 Å². The third-order valence-corrected chi connectivity index (χ3v) is 5.51. The zero-order chi connectivity index (χ0) is 15.6. The Morgan fingerprint density at radius 2 is 1.76 bits per heavy atom. The molecule has 1 N–H and O–H groups in total. The fourth-order valence-corrected chi connectivity index (χ4v) is 3.96. The summed E-state index contributed by atoms with van der Waals surface area (Å²) < 4.78 is 0. The third kappa shape index (κ3) is 2.82. The number of piperazine rings is 1. The van der Waals surface area contributed by atoms with Crippen molar-refractivity contribution < 1.29 is 9.59 Å². The highest BCUT2D eigenvalue weighted by molar-refractivity contribution is 5.99. The van der Waals surface area contributed by atoms with Crippen molar-refractivity contribution in [2.24, 2.45) is 11.8 Å². The molecule has 1 saturated carbocycles. The molecule has 21 heavy (non-hydrogen) atoms. The molecule has 1 atom stereocenters. The summed E-state index contributed by atoms with van der Waals surface area (Å²) in [5.41, 5.74) is -0.634. The van der Waals surface area contributed by atoms with Gasteiger partial charge in [-0.15, -0.1) is 0 Å². The van der Waals surface area contributed by atoms with Gasteiger partial charge in [-0.05, 0) is 37.5 Å². The first-order valence-corrected chi connectivity index (χ1v) is 8.58. The molecule has 0 aromatic rings. The summed E-state index contributed by atoms with van der Waals surface area (Å²) in [6.07, 6.45) is 6.30. The summed E-state index contributed by atoms with van der Waals surface area (Å²) in [6.45, 7) is 8.81. The molecule has 2 rings (SSSR count). The number of hydrogen-bond donors (Lipinski definition) is 1. The number of hydrogen-bond acceptors (Lipinski definition) is 2. The Balaban J connectivity index is 2.29. The molecule has 0 spiro atoms. The number of carbonyl (C=O) groups excluding carboxylic acids is 2. The maximum absolute atomic E-state index is 12.9. The van der Waals surface area contributed by atoms with Gasteiger partial charge in [0.05, 0.1) is 0 Å². The molecule has 0 bridgehead atoms. The van der Waals surface area contributed by atoms with E-state index in [0.29, 0.717) is 18.8 Å². The molecule has 1 aliphatic heterocycles.